The Hall–Kier alpha value is -3.03. The molecule has 3 rings (SSSR count). The maximum atomic E-state index is 13.4. The predicted octanol–water partition coefficient (Wildman–Crippen LogP) is 5.09. The molecule has 0 bridgehead atoms. The minimum atomic E-state index is -0.264. The van der Waals surface area contributed by atoms with E-state index in [0.29, 0.717) is 31.0 Å². The van der Waals surface area contributed by atoms with E-state index in [1.807, 2.05) is 40.0 Å². The number of nitrogens with one attached hydrogen (secondary N) is 1. The second kappa shape index (κ2) is 11.2. The van der Waals surface area contributed by atoms with Crippen LogP contribution >= 0.6 is 0 Å². The number of aromatic amines is 1. The Balaban J connectivity index is 1.30. The van der Waals surface area contributed by atoms with Crippen LogP contribution in [-0.4, -0.2) is 44.7 Å². The number of hydrogen-bond donors (Lipinski definition) is 1. The Morgan fingerprint density at radius 3 is 2.67 bits per heavy atom. The number of hydrogen-bond acceptors (Lipinski definition) is 5. The molecule has 3 aromatic rings. The van der Waals surface area contributed by atoms with Crippen LogP contribution in [0.3, 0.4) is 0 Å². The van der Waals surface area contributed by atoms with E-state index in [1.54, 1.807) is 11.0 Å². The van der Waals surface area contributed by atoms with E-state index >= 15 is 0 Å². The molecule has 0 unspecified atom stereocenters. The monoisotopic (exact) mass is 455 g/mol. The first kappa shape index (κ1) is 24.6. The highest BCUT2D eigenvalue weighted by Crippen LogP contribution is 2.20. The molecule has 0 saturated heterocycles. The number of amides is 1. The Morgan fingerprint density at radius 2 is 1.94 bits per heavy atom. The van der Waals surface area contributed by atoms with Crippen LogP contribution < -0.4 is 0 Å². The minimum Gasteiger partial charge on any atom is -0.346 e. The van der Waals surface area contributed by atoms with Crippen molar-refractivity contribution in [3.05, 3.63) is 53.6 Å². The van der Waals surface area contributed by atoms with E-state index in [2.05, 4.69) is 20.3 Å². The zero-order valence-electron chi connectivity index (χ0n) is 20.0. The van der Waals surface area contributed by atoms with Crippen LogP contribution in [0.25, 0.3) is 11.3 Å². The van der Waals surface area contributed by atoms with Crippen molar-refractivity contribution in [3.63, 3.8) is 0 Å². The molecule has 0 fully saturated rings. The molecule has 0 atom stereocenters. The molecule has 33 heavy (non-hydrogen) atoms. The molecule has 0 aliphatic rings. The van der Waals surface area contributed by atoms with Crippen LogP contribution in [0.5, 0.6) is 0 Å². The van der Waals surface area contributed by atoms with Crippen molar-refractivity contribution in [2.24, 2.45) is 0 Å². The fraction of sp³-hybridized carbons (Fsp3) is 0.520. The van der Waals surface area contributed by atoms with Crippen molar-refractivity contribution in [2.45, 2.75) is 71.1 Å². The Morgan fingerprint density at radius 1 is 1.12 bits per heavy atom. The number of carbonyl (C=O) groups is 1. The lowest BCUT2D eigenvalue weighted by Gasteiger charge is -2.16. The summed E-state index contributed by atoms with van der Waals surface area (Å²) < 4.78 is 18.7. The topological polar surface area (TPSA) is 87.9 Å². The first-order chi connectivity index (χ1) is 15.7. The first-order valence-electron chi connectivity index (χ1n) is 11.6. The zero-order valence-corrected chi connectivity index (χ0v) is 20.0. The van der Waals surface area contributed by atoms with Crippen molar-refractivity contribution < 1.29 is 13.7 Å². The van der Waals surface area contributed by atoms with Gasteiger partial charge in [0.15, 0.2) is 5.82 Å². The van der Waals surface area contributed by atoms with Crippen LogP contribution in [0.15, 0.2) is 34.9 Å². The third-order valence-corrected chi connectivity index (χ3v) is 5.54. The average molecular weight is 456 g/mol. The molecule has 0 aliphatic heterocycles. The number of halogens is 1. The first-order valence-corrected chi connectivity index (χ1v) is 11.6. The van der Waals surface area contributed by atoms with Gasteiger partial charge >= 0.3 is 0 Å². The van der Waals surface area contributed by atoms with Crippen LogP contribution in [0.2, 0.25) is 0 Å². The number of benzene rings is 1. The summed E-state index contributed by atoms with van der Waals surface area (Å²) in [6.45, 7) is 6.86. The molecular weight excluding hydrogens is 421 g/mol. The highest BCUT2D eigenvalue weighted by molar-refractivity contribution is 5.75. The third kappa shape index (κ3) is 7.51. The zero-order chi connectivity index (χ0) is 23.8. The van der Waals surface area contributed by atoms with Gasteiger partial charge in [-0.15, -0.1) is 0 Å². The molecule has 2 aromatic heterocycles. The van der Waals surface area contributed by atoms with Crippen LogP contribution in [0.1, 0.15) is 70.3 Å². The Bertz CT molecular complexity index is 1040. The van der Waals surface area contributed by atoms with Crippen molar-refractivity contribution >= 4 is 5.91 Å². The fourth-order valence-corrected chi connectivity index (χ4v) is 3.49. The van der Waals surface area contributed by atoms with Crippen LogP contribution in [0, 0.1) is 5.82 Å². The maximum Gasteiger partial charge on any atom is 0.226 e. The summed E-state index contributed by atoms with van der Waals surface area (Å²) in [4.78, 5) is 18.6. The van der Waals surface area contributed by atoms with E-state index in [-0.39, 0.29) is 17.1 Å². The van der Waals surface area contributed by atoms with E-state index in [9.17, 15) is 9.18 Å². The lowest BCUT2D eigenvalue weighted by atomic mass is 9.96. The number of nitrogens with zero attached hydrogens (tertiary/aromatic N) is 4. The smallest absolute Gasteiger partial charge is 0.226 e. The van der Waals surface area contributed by atoms with Gasteiger partial charge in [-0.05, 0) is 43.9 Å². The van der Waals surface area contributed by atoms with Crippen LogP contribution in [-0.2, 0) is 23.1 Å². The highest BCUT2D eigenvalue weighted by atomic mass is 19.1. The van der Waals surface area contributed by atoms with Gasteiger partial charge < -0.3 is 9.42 Å². The van der Waals surface area contributed by atoms with Crippen LogP contribution in [0.4, 0.5) is 4.39 Å². The summed E-state index contributed by atoms with van der Waals surface area (Å²) in [5, 5.41) is 11.3. The molecule has 8 heteroatoms. The minimum absolute atomic E-state index is 0.138. The van der Waals surface area contributed by atoms with E-state index < -0.39 is 0 Å². The van der Waals surface area contributed by atoms with Gasteiger partial charge in [-0.1, -0.05) is 44.5 Å². The summed E-state index contributed by atoms with van der Waals surface area (Å²) in [5.74, 6) is 1.16. The van der Waals surface area contributed by atoms with Crippen molar-refractivity contribution in [1.82, 2.24) is 25.2 Å². The Labute approximate surface area is 194 Å². The van der Waals surface area contributed by atoms with Crippen molar-refractivity contribution in [2.75, 3.05) is 13.6 Å². The fourth-order valence-electron chi connectivity index (χ4n) is 3.49. The van der Waals surface area contributed by atoms with Crippen molar-refractivity contribution in [1.29, 1.82) is 0 Å². The SMILES string of the molecule is CN(CCCCCc1cc(-c2cccc(F)c2)n[nH]1)C(=O)CCCc1nc(C(C)(C)C)no1. The van der Waals surface area contributed by atoms with E-state index in [0.717, 1.165) is 49.2 Å². The summed E-state index contributed by atoms with van der Waals surface area (Å²) in [6.07, 6.45) is 5.63. The quantitative estimate of drug-likeness (QED) is 0.407. The number of aryl methyl sites for hydroxylation is 2. The highest BCUT2D eigenvalue weighted by Gasteiger charge is 2.21. The summed E-state index contributed by atoms with van der Waals surface area (Å²) in [6, 6.07) is 8.41. The van der Waals surface area contributed by atoms with Gasteiger partial charge in [0.25, 0.3) is 0 Å². The van der Waals surface area contributed by atoms with Gasteiger partial charge in [0.05, 0.1) is 5.69 Å². The summed E-state index contributed by atoms with van der Waals surface area (Å²) in [7, 11) is 1.85. The Kier molecular flexibility index (Phi) is 8.36. The normalized spacial score (nSPS) is 11.7. The van der Waals surface area contributed by atoms with E-state index in [1.165, 1.54) is 12.1 Å². The molecule has 2 heterocycles. The number of carbonyl (C=O) groups excluding carboxylic acids is 1. The van der Waals surface area contributed by atoms with Gasteiger partial charge in [0.2, 0.25) is 11.8 Å². The lowest BCUT2D eigenvalue weighted by molar-refractivity contribution is -0.130. The summed E-state index contributed by atoms with van der Waals surface area (Å²) >= 11 is 0. The van der Waals surface area contributed by atoms with E-state index in [4.69, 9.17) is 4.52 Å². The maximum absolute atomic E-state index is 13.4. The molecule has 0 spiro atoms. The van der Waals surface area contributed by atoms with Gasteiger partial charge in [-0.2, -0.15) is 10.1 Å². The molecule has 1 aromatic carbocycles. The predicted molar refractivity (Wildman–Crippen MR) is 125 cm³/mol. The van der Waals surface area contributed by atoms with Crippen molar-refractivity contribution in [3.8, 4) is 11.3 Å². The molecule has 1 amide bonds. The molecule has 0 aliphatic carbocycles. The summed E-state index contributed by atoms with van der Waals surface area (Å²) in [5.41, 5.74) is 2.42. The molecule has 7 nitrogen and oxygen atoms in total. The molecule has 178 valence electrons. The standard InChI is InChI=1S/C25H34FN5O2/c1-25(2,3)24-27-22(33-30-24)13-9-14-23(32)31(4)15-7-5-6-12-20-17-21(29-28-20)18-10-8-11-19(26)16-18/h8,10-11,16-17H,5-7,9,12-15H2,1-4H3,(H,28,29). The molecule has 0 saturated carbocycles. The van der Waals surface area contributed by atoms with Gasteiger partial charge in [0.1, 0.15) is 5.82 Å². The molecule has 1 N–H and O–H groups in total. The number of aromatic nitrogens is 4. The molecule has 0 radical (unpaired) electrons. The second-order valence-electron chi connectivity index (χ2n) is 9.53. The lowest BCUT2D eigenvalue weighted by Crippen LogP contribution is -2.27. The van der Waals surface area contributed by atoms with Gasteiger partial charge in [0, 0.05) is 43.1 Å². The van der Waals surface area contributed by atoms with Gasteiger partial charge in [-0.25, -0.2) is 4.39 Å². The number of unbranched alkanes of at least 4 members (excludes halogenated alkanes) is 2. The number of H-pyrrole nitrogens is 1. The number of rotatable bonds is 11. The second-order valence-corrected chi connectivity index (χ2v) is 9.53. The average Bonchev–Trinajstić information content (AvgIpc) is 3.43. The largest absolute Gasteiger partial charge is 0.346 e. The third-order valence-electron chi connectivity index (χ3n) is 5.54. The molecular formula is C25H34FN5O2. The van der Waals surface area contributed by atoms with Gasteiger partial charge in [-0.3, -0.25) is 9.89 Å².